The lowest BCUT2D eigenvalue weighted by Crippen LogP contribution is -2.14. The van der Waals surface area contributed by atoms with E-state index >= 15 is 0 Å². The lowest BCUT2D eigenvalue weighted by atomic mass is 9.98. The number of hydrogen-bond acceptors (Lipinski definition) is 3. The maximum Gasteiger partial charge on any atom is 0.241 e. The molecule has 0 aliphatic carbocycles. The SMILES string of the molecule is Cc1ccc(-c2ncccc2-c2cc(F)c(S(N)(=O)=O)cc2F)cc1F. The van der Waals surface area contributed by atoms with Gasteiger partial charge < -0.3 is 0 Å². The number of aryl methyl sites for hydroxylation is 1. The molecule has 0 unspecified atom stereocenters. The molecule has 4 nitrogen and oxygen atoms in total. The molecule has 1 heterocycles. The van der Waals surface area contributed by atoms with Gasteiger partial charge in [0, 0.05) is 22.9 Å². The molecule has 0 amide bonds. The van der Waals surface area contributed by atoms with Crippen LogP contribution in [0.15, 0.2) is 53.6 Å². The second-order valence-electron chi connectivity index (χ2n) is 5.67. The number of rotatable bonds is 3. The highest BCUT2D eigenvalue weighted by Crippen LogP contribution is 2.34. The van der Waals surface area contributed by atoms with Crippen LogP contribution >= 0.6 is 0 Å². The molecule has 0 aliphatic rings. The summed E-state index contributed by atoms with van der Waals surface area (Å²) in [6.45, 7) is 1.60. The molecule has 0 saturated heterocycles. The number of primary sulfonamides is 1. The standard InChI is InChI=1S/C18H13F3N2O2S/c1-10-4-5-11(7-14(10)19)18-12(3-2-6-23-18)13-8-16(21)17(9-15(13)20)26(22,24)25/h2-9H,1H3,(H2,22,24,25). The Balaban J connectivity index is 2.23. The van der Waals surface area contributed by atoms with Crippen LogP contribution in [-0.4, -0.2) is 13.4 Å². The highest BCUT2D eigenvalue weighted by Gasteiger charge is 2.21. The number of nitrogens with zero attached hydrogens (tertiary/aromatic N) is 1. The van der Waals surface area contributed by atoms with E-state index in [0.717, 1.165) is 6.07 Å². The molecule has 8 heteroatoms. The van der Waals surface area contributed by atoms with Crippen LogP contribution in [0.25, 0.3) is 22.4 Å². The fourth-order valence-electron chi connectivity index (χ4n) is 2.55. The van der Waals surface area contributed by atoms with Gasteiger partial charge in [-0.2, -0.15) is 0 Å². The molecule has 0 saturated carbocycles. The topological polar surface area (TPSA) is 73.0 Å². The zero-order valence-electron chi connectivity index (χ0n) is 13.5. The van der Waals surface area contributed by atoms with Crippen molar-refractivity contribution in [3.8, 4) is 22.4 Å². The summed E-state index contributed by atoms with van der Waals surface area (Å²) in [7, 11) is -4.41. The first-order valence-corrected chi connectivity index (χ1v) is 8.97. The fourth-order valence-corrected chi connectivity index (χ4v) is 3.14. The van der Waals surface area contributed by atoms with Gasteiger partial charge in [0.2, 0.25) is 10.0 Å². The summed E-state index contributed by atoms with van der Waals surface area (Å²) in [4.78, 5) is 3.20. The summed E-state index contributed by atoms with van der Waals surface area (Å²) in [6.07, 6.45) is 1.43. The predicted octanol–water partition coefficient (Wildman–Crippen LogP) is 3.79. The van der Waals surface area contributed by atoms with Crippen LogP contribution in [0.3, 0.4) is 0 Å². The van der Waals surface area contributed by atoms with Crippen LogP contribution in [0.1, 0.15) is 5.56 Å². The van der Waals surface area contributed by atoms with E-state index in [1.165, 1.54) is 24.4 Å². The Labute approximate surface area is 148 Å². The highest BCUT2D eigenvalue weighted by molar-refractivity contribution is 7.89. The van der Waals surface area contributed by atoms with E-state index in [-0.39, 0.29) is 16.8 Å². The molecule has 2 aromatic carbocycles. The average Bonchev–Trinajstić information content (AvgIpc) is 2.58. The summed E-state index contributed by atoms with van der Waals surface area (Å²) >= 11 is 0. The minimum atomic E-state index is -4.41. The lowest BCUT2D eigenvalue weighted by molar-refractivity contribution is 0.555. The first-order chi connectivity index (χ1) is 12.2. The second-order valence-corrected chi connectivity index (χ2v) is 7.20. The van der Waals surface area contributed by atoms with Crippen molar-refractivity contribution in [1.82, 2.24) is 4.98 Å². The quantitative estimate of drug-likeness (QED) is 0.754. The molecule has 0 bridgehead atoms. The van der Waals surface area contributed by atoms with E-state index in [4.69, 9.17) is 5.14 Å². The molecule has 0 radical (unpaired) electrons. The molecular weight excluding hydrogens is 365 g/mol. The molecule has 3 aromatic rings. The monoisotopic (exact) mass is 378 g/mol. The van der Waals surface area contributed by atoms with E-state index in [9.17, 15) is 21.6 Å². The number of nitrogens with two attached hydrogens (primary N) is 1. The zero-order valence-corrected chi connectivity index (χ0v) is 14.3. The number of pyridine rings is 1. The number of hydrogen-bond donors (Lipinski definition) is 1. The molecule has 26 heavy (non-hydrogen) atoms. The number of halogens is 3. The van der Waals surface area contributed by atoms with Gasteiger partial charge in [-0.05, 0) is 36.8 Å². The van der Waals surface area contributed by atoms with Gasteiger partial charge in [0.15, 0.2) is 0 Å². The lowest BCUT2D eigenvalue weighted by Gasteiger charge is -2.12. The summed E-state index contributed by atoms with van der Waals surface area (Å²) < 4.78 is 65.2. The second kappa shape index (κ2) is 6.54. The van der Waals surface area contributed by atoms with Crippen LogP contribution < -0.4 is 5.14 Å². The first-order valence-electron chi connectivity index (χ1n) is 7.42. The Morgan fingerprint density at radius 1 is 0.923 bits per heavy atom. The maximum absolute atomic E-state index is 14.5. The third-order valence-electron chi connectivity index (χ3n) is 3.87. The van der Waals surface area contributed by atoms with E-state index in [1.807, 2.05) is 0 Å². The van der Waals surface area contributed by atoms with Crippen molar-refractivity contribution in [3.63, 3.8) is 0 Å². The van der Waals surface area contributed by atoms with Gasteiger partial charge in [0.05, 0.1) is 5.69 Å². The summed E-state index contributed by atoms with van der Waals surface area (Å²) in [5, 5.41) is 4.88. The maximum atomic E-state index is 14.5. The molecule has 0 spiro atoms. The van der Waals surface area contributed by atoms with Gasteiger partial charge in [0.1, 0.15) is 22.3 Å². The van der Waals surface area contributed by atoms with E-state index in [1.54, 1.807) is 19.1 Å². The minimum Gasteiger partial charge on any atom is -0.256 e. The number of sulfonamides is 1. The average molecular weight is 378 g/mol. The molecule has 0 fully saturated rings. The van der Waals surface area contributed by atoms with Crippen LogP contribution in [0, 0.1) is 24.4 Å². The Kier molecular flexibility index (Phi) is 4.55. The fraction of sp³-hybridized carbons (Fsp3) is 0.0556. The van der Waals surface area contributed by atoms with Crippen molar-refractivity contribution in [2.45, 2.75) is 11.8 Å². The minimum absolute atomic E-state index is 0.188. The third-order valence-corrected chi connectivity index (χ3v) is 4.80. The summed E-state index contributed by atoms with van der Waals surface area (Å²) in [5.41, 5.74) is 1.01. The Morgan fingerprint density at radius 2 is 1.65 bits per heavy atom. The van der Waals surface area contributed by atoms with Crippen LogP contribution in [0.2, 0.25) is 0 Å². The van der Waals surface area contributed by atoms with Crippen LogP contribution in [0.4, 0.5) is 13.2 Å². The number of aromatic nitrogens is 1. The Bertz CT molecular complexity index is 1120. The predicted molar refractivity (Wildman–Crippen MR) is 91.1 cm³/mol. The third kappa shape index (κ3) is 3.33. The smallest absolute Gasteiger partial charge is 0.241 e. The molecule has 1 aromatic heterocycles. The van der Waals surface area contributed by atoms with E-state index in [2.05, 4.69) is 4.98 Å². The van der Waals surface area contributed by atoms with Gasteiger partial charge in [-0.3, -0.25) is 4.98 Å². The Morgan fingerprint density at radius 3 is 2.31 bits per heavy atom. The summed E-state index contributed by atoms with van der Waals surface area (Å²) in [5.74, 6) is -2.64. The summed E-state index contributed by atoms with van der Waals surface area (Å²) in [6, 6.07) is 8.64. The molecule has 134 valence electrons. The van der Waals surface area contributed by atoms with Gasteiger partial charge >= 0.3 is 0 Å². The first kappa shape index (κ1) is 18.1. The van der Waals surface area contributed by atoms with Crippen molar-refractivity contribution < 1.29 is 21.6 Å². The molecule has 3 rings (SSSR count). The van der Waals surface area contributed by atoms with E-state index in [0.29, 0.717) is 17.2 Å². The van der Waals surface area contributed by atoms with Gasteiger partial charge in [-0.15, -0.1) is 0 Å². The van der Waals surface area contributed by atoms with Gasteiger partial charge in [0.25, 0.3) is 0 Å². The highest BCUT2D eigenvalue weighted by atomic mass is 32.2. The number of benzene rings is 2. The molecule has 2 N–H and O–H groups in total. The molecule has 0 aliphatic heterocycles. The Hall–Kier alpha value is -2.71. The van der Waals surface area contributed by atoms with Crippen molar-refractivity contribution in [3.05, 3.63) is 71.7 Å². The van der Waals surface area contributed by atoms with Crippen molar-refractivity contribution >= 4 is 10.0 Å². The molecular formula is C18H13F3N2O2S. The van der Waals surface area contributed by atoms with Crippen LogP contribution in [0.5, 0.6) is 0 Å². The van der Waals surface area contributed by atoms with Crippen LogP contribution in [-0.2, 0) is 10.0 Å². The van der Waals surface area contributed by atoms with E-state index < -0.39 is 32.4 Å². The van der Waals surface area contributed by atoms with Gasteiger partial charge in [-0.25, -0.2) is 26.7 Å². The van der Waals surface area contributed by atoms with Crippen molar-refractivity contribution in [2.24, 2.45) is 5.14 Å². The van der Waals surface area contributed by atoms with Crippen molar-refractivity contribution in [1.29, 1.82) is 0 Å². The largest absolute Gasteiger partial charge is 0.256 e. The van der Waals surface area contributed by atoms with Crippen molar-refractivity contribution in [2.75, 3.05) is 0 Å². The molecule has 0 atom stereocenters. The normalized spacial score (nSPS) is 11.6. The van der Waals surface area contributed by atoms with Gasteiger partial charge in [-0.1, -0.05) is 18.2 Å². The zero-order chi connectivity index (χ0) is 19.1.